The third-order valence-electron chi connectivity index (χ3n) is 5.17. The Morgan fingerprint density at radius 1 is 0.964 bits per heavy atom. The molecule has 0 radical (unpaired) electrons. The first-order valence-corrected chi connectivity index (χ1v) is 9.50. The van der Waals surface area contributed by atoms with Crippen molar-refractivity contribution in [3.8, 4) is 5.75 Å². The second-order valence-electron chi connectivity index (χ2n) is 7.09. The summed E-state index contributed by atoms with van der Waals surface area (Å²) < 4.78 is 5.19. The van der Waals surface area contributed by atoms with E-state index in [1.165, 1.54) is 5.56 Å². The molecule has 0 saturated carbocycles. The number of carbonyl (C=O) groups excluding carboxylic acids is 2. The molecule has 1 heterocycles. The summed E-state index contributed by atoms with van der Waals surface area (Å²) in [5.74, 6) is 0.425. The lowest BCUT2D eigenvalue weighted by atomic mass is 10.1. The number of aryl methyl sites for hydroxylation is 2. The quantitative estimate of drug-likeness (QED) is 0.809. The monoisotopic (exact) mass is 381 g/mol. The van der Waals surface area contributed by atoms with Crippen LogP contribution in [0.5, 0.6) is 5.75 Å². The van der Waals surface area contributed by atoms with Gasteiger partial charge in [-0.3, -0.25) is 9.59 Å². The topological polar surface area (TPSA) is 61.9 Å². The Morgan fingerprint density at radius 3 is 2.25 bits per heavy atom. The van der Waals surface area contributed by atoms with Gasteiger partial charge in [0.25, 0.3) is 0 Å². The minimum Gasteiger partial charge on any atom is -0.497 e. The molecule has 1 fully saturated rings. The number of rotatable bonds is 5. The van der Waals surface area contributed by atoms with Gasteiger partial charge in [0, 0.05) is 37.6 Å². The molecule has 0 aromatic heterocycles. The number of methoxy groups -OCH3 is 1. The number of benzene rings is 2. The Morgan fingerprint density at radius 2 is 1.64 bits per heavy atom. The van der Waals surface area contributed by atoms with Gasteiger partial charge in [0.15, 0.2) is 0 Å². The Bertz CT molecular complexity index is 841. The predicted molar refractivity (Wildman–Crippen MR) is 111 cm³/mol. The summed E-state index contributed by atoms with van der Waals surface area (Å²) >= 11 is 0. The average molecular weight is 381 g/mol. The van der Waals surface area contributed by atoms with Crippen molar-refractivity contribution in [2.75, 3.05) is 43.5 Å². The first kappa shape index (κ1) is 19.7. The van der Waals surface area contributed by atoms with Gasteiger partial charge in [0.05, 0.1) is 7.11 Å². The number of ether oxygens (including phenoxy) is 1. The maximum atomic E-state index is 12.5. The van der Waals surface area contributed by atoms with Crippen LogP contribution in [-0.4, -0.2) is 50.0 Å². The lowest BCUT2D eigenvalue weighted by Crippen LogP contribution is -2.49. The van der Waals surface area contributed by atoms with E-state index >= 15 is 0 Å². The summed E-state index contributed by atoms with van der Waals surface area (Å²) in [5, 5.41) is 2.82. The molecule has 0 spiro atoms. The van der Waals surface area contributed by atoms with Crippen LogP contribution in [0, 0.1) is 13.8 Å². The molecule has 2 aromatic carbocycles. The van der Waals surface area contributed by atoms with Crippen molar-refractivity contribution in [1.29, 1.82) is 0 Å². The predicted octanol–water partition coefficient (Wildman–Crippen LogP) is 2.99. The molecule has 2 aromatic rings. The van der Waals surface area contributed by atoms with E-state index in [1.807, 2.05) is 56.3 Å². The van der Waals surface area contributed by atoms with Crippen molar-refractivity contribution in [1.82, 2.24) is 4.90 Å². The summed E-state index contributed by atoms with van der Waals surface area (Å²) in [6, 6.07) is 13.7. The lowest BCUT2D eigenvalue weighted by molar-refractivity contribution is -0.134. The highest BCUT2D eigenvalue weighted by Crippen LogP contribution is 2.21. The van der Waals surface area contributed by atoms with Crippen LogP contribution in [0.4, 0.5) is 11.4 Å². The number of amides is 2. The molecule has 6 heteroatoms. The number of anilines is 2. The molecule has 1 N–H and O–H groups in total. The van der Waals surface area contributed by atoms with Crippen LogP contribution in [0.2, 0.25) is 0 Å². The van der Waals surface area contributed by atoms with Crippen molar-refractivity contribution in [3.05, 3.63) is 53.6 Å². The number of piperazine rings is 1. The molecule has 1 aliphatic rings. The molecule has 28 heavy (non-hydrogen) atoms. The summed E-state index contributed by atoms with van der Waals surface area (Å²) in [6.07, 6.45) is -0.130. The molecule has 0 atom stereocenters. The van der Waals surface area contributed by atoms with Gasteiger partial charge in [0.1, 0.15) is 12.2 Å². The number of hydrogen-bond donors (Lipinski definition) is 1. The van der Waals surface area contributed by atoms with Crippen LogP contribution in [0.25, 0.3) is 0 Å². The average Bonchev–Trinajstić information content (AvgIpc) is 2.71. The number of carbonyl (C=O) groups is 2. The fraction of sp³-hybridized carbons (Fsp3) is 0.364. The molecular formula is C22H27N3O3. The second-order valence-corrected chi connectivity index (χ2v) is 7.09. The largest absolute Gasteiger partial charge is 0.497 e. The zero-order chi connectivity index (χ0) is 20.1. The Hall–Kier alpha value is -3.02. The Balaban J connectivity index is 1.48. The van der Waals surface area contributed by atoms with Crippen molar-refractivity contribution in [3.63, 3.8) is 0 Å². The van der Waals surface area contributed by atoms with Crippen LogP contribution in [-0.2, 0) is 9.59 Å². The summed E-state index contributed by atoms with van der Waals surface area (Å²) in [7, 11) is 1.65. The molecule has 0 bridgehead atoms. The zero-order valence-electron chi connectivity index (χ0n) is 16.7. The van der Waals surface area contributed by atoms with E-state index in [4.69, 9.17) is 4.74 Å². The Kier molecular flexibility index (Phi) is 6.19. The van der Waals surface area contributed by atoms with Gasteiger partial charge in [-0.2, -0.15) is 0 Å². The minimum absolute atomic E-state index is 0.129. The van der Waals surface area contributed by atoms with E-state index in [2.05, 4.69) is 10.2 Å². The highest BCUT2D eigenvalue weighted by molar-refractivity contribution is 6.03. The molecule has 6 nitrogen and oxygen atoms in total. The SMILES string of the molecule is COc1ccc(N2CCN(C(=O)CC(=O)Nc3ccc(C)c(C)c3)CC2)cc1. The fourth-order valence-electron chi connectivity index (χ4n) is 3.28. The molecule has 1 saturated heterocycles. The van der Waals surface area contributed by atoms with E-state index in [-0.39, 0.29) is 18.2 Å². The molecular weight excluding hydrogens is 354 g/mol. The molecule has 3 rings (SSSR count). The van der Waals surface area contributed by atoms with E-state index in [0.29, 0.717) is 13.1 Å². The number of hydrogen-bond acceptors (Lipinski definition) is 4. The van der Waals surface area contributed by atoms with E-state index in [0.717, 1.165) is 35.8 Å². The van der Waals surface area contributed by atoms with E-state index in [9.17, 15) is 9.59 Å². The third-order valence-corrected chi connectivity index (χ3v) is 5.17. The van der Waals surface area contributed by atoms with Gasteiger partial charge < -0.3 is 19.9 Å². The van der Waals surface area contributed by atoms with Gasteiger partial charge >= 0.3 is 0 Å². The van der Waals surface area contributed by atoms with Crippen LogP contribution in [0.1, 0.15) is 17.5 Å². The first-order valence-electron chi connectivity index (χ1n) is 9.50. The van der Waals surface area contributed by atoms with Gasteiger partial charge in [0.2, 0.25) is 11.8 Å². The van der Waals surface area contributed by atoms with Crippen molar-refractivity contribution in [2.24, 2.45) is 0 Å². The van der Waals surface area contributed by atoms with Crippen LogP contribution >= 0.6 is 0 Å². The summed E-state index contributed by atoms with van der Waals surface area (Å²) in [6.45, 7) is 6.74. The highest BCUT2D eigenvalue weighted by Gasteiger charge is 2.23. The Labute approximate surface area is 166 Å². The van der Waals surface area contributed by atoms with Crippen LogP contribution in [0.15, 0.2) is 42.5 Å². The van der Waals surface area contributed by atoms with E-state index in [1.54, 1.807) is 12.0 Å². The van der Waals surface area contributed by atoms with Crippen molar-refractivity contribution < 1.29 is 14.3 Å². The standard InChI is InChI=1S/C22H27N3O3/c1-16-4-5-18(14-17(16)2)23-21(26)15-22(27)25-12-10-24(11-13-25)19-6-8-20(28-3)9-7-19/h4-9,14H,10-13,15H2,1-3H3,(H,23,26). The molecule has 2 amide bonds. The van der Waals surface area contributed by atoms with E-state index < -0.39 is 0 Å². The molecule has 0 aliphatic carbocycles. The first-order chi connectivity index (χ1) is 13.5. The summed E-state index contributed by atoms with van der Waals surface area (Å²) in [4.78, 5) is 28.7. The number of nitrogens with zero attached hydrogens (tertiary/aromatic N) is 2. The minimum atomic E-state index is -0.272. The lowest BCUT2D eigenvalue weighted by Gasteiger charge is -2.36. The van der Waals surface area contributed by atoms with Gasteiger partial charge in [-0.15, -0.1) is 0 Å². The van der Waals surface area contributed by atoms with Crippen molar-refractivity contribution in [2.45, 2.75) is 20.3 Å². The molecule has 1 aliphatic heterocycles. The summed E-state index contributed by atoms with van der Waals surface area (Å²) in [5.41, 5.74) is 4.12. The van der Waals surface area contributed by atoms with Gasteiger partial charge in [-0.05, 0) is 61.4 Å². The van der Waals surface area contributed by atoms with Crippen LogP contribution in [0.3, 0.4) is 0 Å². The highest BCUT2D eigenvalue weighted by atomic mass is 16.5. The molecule has 0 unspecified atom stereocenters. The normalized spacial score (nSPS) is 14.0. The maximum absolute atomic E-state index is 12.5. The van der Waals surface area contributed by atoms with Crippen LogP contribution < -0.4 is 15.0 Å². The third kappa shape index (κ3) is 4.82. The molecule has 148 valence electrons. The smallest absolute Gasteiger partial charge is 0.233 e. The number of nitrogens with one attached hydrogen (secondary N) is 1. The van der Waals surface area contributed by atoms with Gasteiger partial charge in [-0.1, -0.05) is 6.07 Å². The van der Waals surface area contributed by atoms with Crippen molar-refractivity contribution >= 4 is 23.2 Å². The second kappa shape index (κ2) is 8.78. The maximum Gasteiger partial charge on any atom is 0.233 e. The zero-order valence-corrected chi connectivity index (χ0v) is 16.7. The fourth-order valence-corrected chi connectivity index (χ4v) is 3.28. The van der Waals surface area contributed by atoms with Gasteiger partial charge in [-0.25, -0.2) is 0 Å².